The monoisotopic (exact) mass is 374 g/mol. The fourth-order valence-corrected chi connectivity index (χ4v) is 2.70. The Hall–Kier alpha value is -2.80. The molecular formula is C18H19ClN4O3. The van der Waals surface area contributed by atoms with E-state index < -0.39 is 0 Å². The zero-order valence-electron chi connectivity index (χ0n) is 14.8. The van der Waals surface area contributed by atoms with Gasteiger partial charge in [-0.05, 0) is 54.1 Å². The van der Waals surface area contributed by atoms with Gasteiger partial charge in [-0.15, -0.1) is 0 Å². The predicted octanol–water partition coefficient (Wildman–Crippen LogP) is 2.91. The standard InChI is InChI=1S/C18H19ClN4O3/c1-4-25-16-7-5-6-15(23-18(24)22(3)20-21-23)13(16)11-26-17-10-12(2)8-9-14(17)19/h5-10H,4,11H2,1-3H3. The second kappa shape index (κ2) is 7.61. The fraction of sp³-hybridized carbons (Fsp3) is 0.278. The Bertz CT molecular complexity index is 981. The SMILES string of the molecule is CCOc1cccc(-n2nnn(C)c2=O)c1COc1cc(C)ccc1Cl. The molecule has 0 bridgehead atoms. The van der Waals surface area contributed by atoms with Crippen molar-refractivity contribution >= 4 is 11.6 Å². The van der Waals surface area contributed by atoms with Crippen molar-refractivity contribution < 1.29 is 9.47 Å². The summed E-state index contributed by atoms with van der Waals surface area (Å²) in [5.41, 5.74) is 1.92. The van der Waals surface area contributed by atoms with Crippen molar-refractivity contribution in [1.82, 2.24) is 19.8 Å². The zero-order chi connectivity index (χ0) is 18.7. The van der Waals surface area contributed by atoms with Gasteiger partial charge in [0.15, 0.2) is 0 Å². The average molecular weight is 375 g/mol. The molecule has 0 atom stereocenters. The van der Waals surface area contributed by atoms with E-state index in [2.05, 4.69) is 10.4 Å². The lowest BCUT2D eigenvalue weighted by Gasteiger charge is -2.15. The van der Waals surface area contributed by atoms with Gasteiger partial charge in [-0.1, -0.05) is 23.7 Å². The predicted molar refractivity (Wildman–Crippen MR) is 98.3 cm³/mol. The quantitative estimate of drug-likeness (QED) is 0.663. The number of rotatable bonds is 6. The zero-order valence-corrected chi connectivity index (χ0v) is 15.5. The fourth-order valence-electron chi connectivity index (χ4n) is 2.52. The summed E-state index contributed by atoms with van der Waals surface area (Å²) in [4.78, 5) is 12.3. The first kappa shape index (κ1) is 18.0. The molecule has 0 unspecified atom stereocenters. The van der Waals surface area contributed by atoms with Crippen molar-refractivity contribution in [3.8, 4) is 17.2 Å². The van der Waals surface area contributed by atoms with Crippen molar-refractivity contribution in [2.75, 3.05) is 6.61 Å². The third-order valence-electron chi connectivity index (χ3n) is 3.82. The van der Waals surface area contributed by atoms with E-state index in [-0.39, 0.29) is 12.3 Å². The number of tetrazole rings is 1. The van der Waals surface area contributed by atoms with Crippen LogP contribution in [0.2, 0.25) is 5.02 Å². The van der Waals surface area contributed by atoms with Crippen LogP contribution >= 0.6 is 11.6 Å². The van der Waals surface area contributed by atoms with E-state index in [1.807, 2.05) is 32.0 Å². The summed E-state index contributed by atoms with van der Waals surface area (Å²) in [5.74, 6) is 1.18. The molecule has 0 amide bonds. The van der Waals surface area contributed by atoms with Crippen LogP contribution in [-0.4, -0.2) is 26.4 Å². The molecule has 0 saturated carbocycles. The molecule has 0 fully saturated rings. The molecule has 26 heavy (non-hydrogen) atoms. The molecule has 0 aliphatic carbocycles. The summed E-state index contributed by atoms with van der Waals surface area (Å²) in [6.07, 6.45) is 0. The van der Waals surface area contributed by atoms with Crippen LogP contribution in [-0.2, 0) is 13.7 Å². The van der Waals surface area contributed by atoms with E-state index in [1.165, 1.54) is 4.68 Å². The number of benzene rings is 2. The van der Waals surface area contributed by atoms with E-state index in [4.69, 9.17) is 21.1 Å². The normalized spacial score (nSPS) is 10.8. The summed E-state index contributed by atoms with van der Waals surface area (Å²) in [7, 11) is 1.54. The molecule has 136 valence electrons. The minimum atomic E-state index is -0.353. The van der Waals surface area contributed by atoms with Gasteiger partial charge in [0.1, 0.15) is 18.1 Å². The molecule has 3 rings (SSSR count). The molecule has 0 radical (unpaired) electrons. The number of nitrogens with zero attached hydrogens (tertiary/aromatic N) is 4. The van der Waals surface area contributed by atoms with Crippen LogP contribution in [0.15, 0.2) is 41.2 Å². The summed E-state index contributed by atoms with van der Waals surface area (Å²) in [6.45, 7) is 4.50. The highest BCUT2D eigenvalue weighted by molar-refractivity contribution is 6.32. The van der Waals surface area contributed by atoms with Gasteiger partial charge in [0.25, 0.3) is 0 Å². The van der Waals surface area contributed by atoms with Crippen LogP contribution < -0.4 is 15.2 Å². The van der Waals surface area contributed by atoms with Crippen LogP contribution in [0, 0.1) is 6.92 Å². The lowest BCUT2D eigenvalue weighted by molar-refractivity contribution is 0.285. The Labute approximate surface area is 155 Å². The molecule has 2 aromatic carbocycles. The van der Waals surface area contributed by atoms with Gasteiger partial charge in [0, 0.05) is 7.05 Å². The van der Waals surface area contributed by atoms with Crippen molar-refractivity contribution in [2.45, 2.75) is 20.5 Å². The molecule has 0 spiro atoms. The highest BCUT2D eigenvalue weighted by atomic mass is 35.5. The number of ether oxygens (including phenoxy) is 2. The molecule has 1 aromatic heterocycles. The third-order valence-corrected chi connectivity index (χ3v) is 4.13. The highest BCUT2D eigenvalue weighted by Gasteiger charge is 2.16. The largest absolute Gasteiger partial charge is 0.493 e. The lowest BCUT2D eigenvalue weighted by Crippen LogP contribution is -2.23. The molecule has 0 aliphatic rings. The number of aryl methyl sites for hydroxylation is 2. The van der Waals surface area contributed by atoms with Crippen molar-refractivity contribution in [2.24, 2.45) is 7.05 Å². The van der Waals surface area contributed by atoms with E-state index >= 15 is 0 Å². The van der Waals surface area contributed by atoms with E-state index in [0.29, 0.717) is 34.4 Å². The van der Waals surface area contributed by atoms with Crippen molar-refractivity contribution in [3.63, 3.8) is 0 Å². The van der Waals surface area contributed by atoms with Crippen molar-refractivity contribution in [1.29, 1.82) is 0 Å². The van der Waals surface area contributed by atoms with Gasteiger partial charge in [0.2, 0.25) is 0 Å². The Morgan fingerprint density at radius 1 is 1.12 bits per heavy atom. The first-order chi connectivity index (χ1) is 12.5. The molecule has 7 nitrogen and oxygen atoms in total. The van der Waals surface area contributed by atoms with Crippen molar-refractivity contribution in [3.05, 3.63) is 63.0 Å². The Kier molecular flexibility index (Phi) is 5.27. The Morgan fingerprint density at radius 2 is 1.92 bits per heavy atom. The third kappa shape index (κ3) is 3.57. The van der Waals surface area contributed by atoms with E-state index in [1.54, 1.807) is 25.2 Å². The van der Waals surface area contributed by atoms with Crippen LogP contribution in [0.1, 0.15) is 18.1 Å². The molecule has 0 aliphatic heterocycles. The summed E-state index contributed by atoms with van der Waals surface area (Å²) < 4.78 is 14.0. The van der Waals surface area contributed by atoms with Crippen LogP contribution in [0.3, 0.4) is 0 Å². The number of hydrogen-bond acceptors (Lipinski definition) is 5. The maximum absolute atomic E-state index is 12.3. The van der Waals surface area contributed by atoms with E-state index in [9.17, 15) is 4.79 Å². The molecule has 0 N–H and O–H groups in total. The molecule has 8 heteroatoms. The minimum absolute atomic E-state index is 0.164. The first-order valence-electron chi connectivity index (χ1n) is 8.14. The molecule has 0 saturated heterocycles. The number of hydrogen-bond donors (Lipinski definition) is 0. The van der Waals surface area contributed by atoms with Gasteiger partial charge in [-0.25, -0.2) is 4.79 Å². The maximum Gasteiger partial charge on any atom is 0.368 e. The summed E-state index contributed by atoms with van der Waals surface area (Å²) >= 11 is 6.21. The van der Waals surface area contributed by atoms with Gasteiger partial charge in [0.05, 0.1) is 22.9 Å². The van der Waals surface area contributed by atoms with Gasteiger partial charge < -0.3 is 9.47 Å². The van der Waals surface area contributed by atoms with Gasteiger partial charge >= 0.3 is 5.69 Å². The molecule has 3 aromatic rings. The van der Waals surface area contributed by atoms with Crippen LogP contribution in [0.4, 0.5) is 0 Å². The molecule has 1 heterocycles. The minimum Gasteiger partial charge on any atom is -0.493 e. The number of halogens is 1. The Morgan fingerprint density at radius 3 is 2.62 bits per heavy atom. The average Bonchev–Trinajstić information content (AvgIpc) is 2.95. The summed E-state index contributed by atoms with van der Waals surface area (Å²) in [5, 5.41) is 8.20. The lowest BCUT2D eigenvalue weighted by atomic mass is 10.1. The number of aromatic nitrogens is 4. The second-order valence-electron chi connectivity index (χ2n) is 5.71. The van der Waals surface area contributed by atoms with Gasteiger partial charge in [-0.2, -0.15) is 9.36 Å². The van der Waals surface area contributed by atoms with Crippen LogP contribution in [0.5, 0.6) is 11.5 Å². The first-order valence-corrected chi connectivity index (χ1v) is 8.52. The van der Waals surface area contributed by atoms with Gasteiger partial charge in [-0.3, -0.25) is 0 Å². The summed E-state index contributed by atoms with van der Waals surface area (Å²) in [6, 6.07) is 11.0. The maximum atomic E-state index is 12.3. The molecular weight excluding hydrogens is 356 g/mol. The Balaban J connectivity index is 2.02. The van der Waals surface area contributed by atoms with E-state index in [0.717, 1.165) is 10.2 Å². The smallest absolute Gasteiger partial charge is 0.368 e. The second-order valence-corrected chi connectivity index (χ2v) is 6.11. The highest BCUT2D eigenvalue weighted by Crippen LogP contribution is 2.30. The topological polar surface area (TPSA) is 71.2 Å². The van der Waals surface area contributed by atoms with Crippen LogP contribution in [0.25, 0.3) is 5.69 Å².